The zero-order valence-corrected chi connectivity index (χ0v) is 37.2. The highest BCUT2D eigenvalue weighted by Crippen LogP contribution is 2.27. The summed E-state index contributed by atoms with van der Waals surface area (Å²) in [7, 11) is -7.34. The molecule has 2 N–H and O–H groups in total. The Balaban J connectivity index is 0.000000427. The molecule has 1 saturated heterocycles. The molecule has 0 radical (unpaired) electrons. The highest BCUT2D eigenvalue weighted by molar-refractivity contribution is 7.91. The van der Waals surface area contributed by atoms with Crippen molar-refractivity contribution in [3.63, 3.8) is 0 Å². The molecule has 0 unspecified atom stereocenters. The molecular weight excluding hydrogens is 865 g/mol. The van der Waals surface area contributed by atoms with Crippen molar-refractivity contribution in [1.29, 1.82) is 0 Å². The molecule has 5 rings (SSSR count). The monoisotopic (exact) mass is 914 g/mol. The van der Waals surface area contributed by atoms with Gasteiger partial charge in [-0.25, -0.2) is 25.6 Å². The Labute approximate surface area is 362 Å². The van der Waals surface area contributed by atoms with Crippen molar-refractivity contribution in [2.45, 2.75) is 61.3 Å². The number of hydrogen-bond acceptors (Lipinski definition) is 9. The van der Waals surface area contributed by atoms with Gasteiger partial charge in [-0.2, -0.15) is 0 Å². The molecule has 16 heteroatoms. The van der Waals surface area contributed by atoms with E-state index in [9.17, 15) is 35.2 Å². The van der Waals surface area contributed by atoms with Crippen LogP contribution in [0.25, 0.3) is 0 Å². The summed E-state index contributed by atoms with van der Waals surface area (Å²) >= 11 is 16.4. The molecule has 0 atom stereocenters. The Morgan fingerprint density at radius 3 is 1.49 bits per heavy atom. The van der Waals surface area contributed by atoms with Crippen LogP contribution in [0.4, 0.5) is 14.5 Å². The molecule has 59 heavy (non-hydrogen) atoms. The van der Waals surface area contributed by atoms with Crippen molar-refractivity contribution in [3.05, 3.63) is 149 Å². The number of carbonyl (C=O) groups is 2. The van der Waals surface area contributed by atoms with E-state index in [-0.39, 0.29) is 49.2 Å². The summed E-state index contributed by atoms with van der Waals surface area (Å²) in [4.78, 5) is 23.5. The molecule has 0 amide bonds. The zero-order chi connectivity index (χ0) is 44.6. The SMILES string of the molecule is C1CCOC1.C=CC(=O)Cc1ccccc1S(=O)(=O)Cc1ccc(F)cc1Cl.C=CC(=O)Cl.CCN(CC)CC.Nc1ccccc1S(=O)(=O)Cc1ccc(F)cc1Cl. The lowest BCUT2D eigenvalue weighted by Gasteiger charge is -2.13. The Morgan fingerprint density at radius 2 is 1.14 bits per heavy atom. The maximum absolute atomic E-state index is 13.1. The summed E-state index contributed by atoms with van der Waals surface area (Å²) in [5, 5.41) is -0.378. The van der Waals surface area contributed by atoms with Crippen molar-refractivity contribution < 1.29 is 39.9 Å². The van der Waals surface area contributed by atoms with Gasteiger partial charge in [-0.1, -0.05) is 99.6 Å². The van der Waals surface area contributed by atoms with Crippen LogP contribution < -0.4 is 5.73 Å². The minimum absolute atomic E-state index is 0.0456. The number of carbonyl (C=O) groups excluding carboxylic acids is 2. The number of ether oxygens (including phenoxy) is 1. The van der Waals surface area contributed by atoms with Crippen LogP contribution in [-0.2, 0) is 51.9 Å². The van der Waals surface area contributed by atoms with Crippen molar-refractivity contribution in [3.8, 4) is 0 Å². The van der Waals surface area contributed by atoms with E-state index < -0.39 is 36.6 Å². The lowest BCUT2D eigenvalue weighted by molar-refractivity contribution is -0.114. The molecule has 0 aliphatic carbocycles. The van der Waals surface area contributed by atoms with Crippen LogP contribution >= 0.6 is 34.8 Å². The molecule has 322 valence electrons. The summed E-state index contributed by atoms with van der Waals surface area (Å²) in [5.41, 5.74) is 6.87. The fourth-order valence-electron chi connectivity index (χ4n) is 5.00. The summed E-state index contributed by atoms with van der Waals surface area (Å²) in [6.45, 7) is 18.6. The van der Waals surface area contributed by atoms with E-state index in [1.807, 2.05) is 0 Å². The molecule has 4 aromatic carbocycles. The van der Waals surface area contributed by atoms with Crippen LogP contribution in [0, 0.1) is 11.6 Å². The first kappa shape index (κ1) is 53.1. The topological polar surface area (TPSA) is 141 Å². The number of benzene rings is 4. The summed E-state index contributed by atoms with van der Waals surface area (Å²) < 4.78 is 80.7. The quantitative estimate of drug-likeness (QED) is 0.0789. The van der Waals surface area contributed by atoms with E-state index in [1.165, 1.54) is 68.9 Å². The predicted molar refractivity (Wildman–Crippen MR) is 235 cm³/mol. The minimum atomic E-state index is -3.73. The second-order valence-electron chi connectivity index (χ2n) is 12.4. The first-order valence-electron chi connectivity index (χ1n) is 18.4. The average Bonchev–Trinajstić information content (AvgIpc) is 3.80. The Kier molecular flexibility index (Phi) is 25.0. The standard InChI is InChI=1S/C17H14ClFO3S.C13H11ClFNO2S.C6H15N.C4H8O.C3H3ClO/c1-2-15(20)9-12-5-3-4-6-17(12)23(21,22)11-13-7-8-14(19)10-16(13)18;14-11-7-10(15)6-5-9(11)8-19(17,18)13-4-2-1-3-12(13)16;1-4-7(5-2)6-3;1-2-4-5-3-1;1-2-3(4)5/h2-8,10H,1,9,11H2;1-7H,8,16H2;4-6H2,1-3H3;1-4H2;2H,1H2. The number of hydrogen-bond donors (Lipinski definition) is 1. The molecule has 0 spiro atoms. The number of anilines is 1. The van der Waals surface area contributed by atoms with Gasteiger partial charge in [-0.15, -0.1) is 0 Å². The zero-order valence-electron chi connectivity index (χ0n) is 33.3. The number of nitrogens with zero attached hydrogens (tertiary/aromatic N) is 1. The number of ketones is 1. The third kappa shape index (κ3) is 20.2. The second-order valence-corrected chi connectivity index (χ2v) is 17.5. The summed E-state index contributed by atoms with van der Waals surface area (Å²) in [6.07, 6.45) is 4.71. The minimum Gasteiger partial charge on any atom is -0.398 e. The maximum atomic E-state index is 13.1. The highest BCUT2D eigenvalue weighted by atomic mass is 35.5. The van der Waals surface area contributed by atoms with Gasteiger partial charge in [-0.3, -0.25) is 9.59 Å². The van der Waals surface area contributed by atoms with E-state index >= 15 is 0 Å². The number of halogens is 5. The van der Waals surface area contributed by atoms with Gasteiger partial charge in [0.15, 0.2) is 25.5 Å². The van der Waals surface area contributed by atoms with Crippen molar-refractivity contribution in [2.24, 2.45) is 0 Å². The molecule has 0 saturated carbocycles. The fourth-order valence-corrected chi connectivity index (χ4v) is 8.80. The van der Waals surface area contributed by atoms with E-state index in [1.54, 1.807) is 30.3 Å². The van der Waals surface area contributed by atoms with E-state index in [4.69, 9.17) is 45.3 Å². The Morgan fingerprint density at radius 1 is 0.712 bits per heavy atom. The van der Waals surface area contributed by atoms with Crippen LogP contribution in [0.1, 0.15) is 50.3 Å². The third-order valence-corrected chi connectivity index (χ3v) is 12.6. The van der Waals surface area contributed by atoms with Crippen LogP contribution in [0.15, 0.2) is 120 Å². The van der Waals surface area contributed by atoms with Crippen molar-refractivity contribution in [1.82, 2.24) is 4.90 Å². The van der Waals surface area contributed by atoms with Crippen LogP contribution in [0.5, 0.6) is 0 Å². The molecule has 1 aliphatic heterocycles. The third-order valence-electron chi connectivity index (χ3n) is 8.20. The van der Waals surface area contributed by atoms with Crippen molar-refractivity contribution >= 4 is 71.2 Å². The van der Waals surface area contributed by atoms with Gasteiger partial charge < -0.3 is 15.4 Å². The lowest BCUT2D eigenvalue weighted by Crippen LogP contribution is -2.21. The summed E-state index contributed by atoms with van der Waals surface area (Å²) in [5.74, 6) is -2.00. The molecular formula is C43H51Cl3F2N2O7S2. The van der Waals surface area contributed by atoms with Gasteiger partial charge in [-0.05, 0) is 115 Å². The van der Waals surface area contributed by atoms with Crippen LogP contribution in [0.3, 0.4) is 0 Å². The first-order valence-corrected chi connectivity index (χ1v) is 22.8. The number of nitrogen functional groups attached to an aromatic ring is 1. The summed E-state index contributed by atoms with van der Waals surface area (Å²) in [6, 6.07) is 19.6. The fraction of sp³-hybridized carbons (Fsp3) is 0.302. The molecule has 1 fully saturated rings. The lowest BCUT2D eigenvalue weighted by atomic mass is 10.1. The van der Waals surface area contributed by atoms with Crippen LogP contribution in [-0.4, -0.2) is 65.6 Å². The molecule has 4 aromatic rings. The average molecular weight is 916 g/mol. The number of sulfone groups is 2. The van der Waals surface area contributed by atoms with Gasteiger partial charge in [0, 0.05) is 29.7 Å². The smallest absolute Gasteiger partial charge is 0.244 e. The molecule has 0 bridgehead atoms. The van der Waals surface area contributed by atoms with Gasteiger partial charge >= 0.3 is 0 Å². The van der Waals surface area contributed by atoms with Gasteiger partial charge in [0.25, 0.3) is 0 Å². The maximum Gasteiger partial charge on any atom is 0.244 e. The van der Waals surface area contributed by atoms with E-state index in [0.717, 1.165) is 43.6 Å². The number of rotatable bonds is 13. The highest BCUT2D eigenvalue weighted by Gasteiger charge is 2.22. The van der Waals surface area contributed by atoms with Crippen LogP contribution in [0.2, 0.25) is 10.0 Å². The van der Waals surface area contributed by atoms with E-state index in [0.29, 0.717) is 16.7 Å². The van der Waals surface area contributed by atoms with Gasteiger partial charge in [0.05, 0.1) is 27.0 Å². The number of allylic oxidation sites excluding steroid dienone is 2. The first-order chi connectivity index (χ1) is 27.8. The number of nitrogens with two attached hydrogens (primary N) is 1. The Hall–Kier alpha value is -3.95. The van der Waals surface area contributed by atoms with Gasteiger partial charge in [0.2, 0.25) is 5.24 Å². The van der Waals surface area contributed by atoms with E-state index in [2.05, 4.69) is 38.8 Å². The molecule has 9 nitrogen and oxygen atoms in total. The number of para-hydroxylation sites is 1. The van der Waals surface area contributed by atoms with Gasteiger partial charge in [0.1, 0.15) is 11.6 Å². The predicted octanol–water partition coefficient (Wildman–Crippen LogP) is 9.87. The van der Waals surface area contributed by atoms with Crippen molar-refractivity contribution in [2.75, 3.05) is 38.6 Å². The molecule has 0 aromatic heterocycles. The normalized spacial score (nSPS) is 11.9. The Bertz CT molecular complexity index is 2190. The largest absolute Gasteiger partial charge is 0.398 e. The second kappa shape index (κ2) is 27.7. The molecule has 1 aliphatic rings. The molecule has 1 heterocycles.